The van der Waals surface area contributed by atoms with Crippen LogP contribution in [0, 0.1) is 0 Å². The fraction of sp³-hybridized carbons (Fsp3) is 0. The third-order valence-corrected chi connectivity index (χ3v) is 13.9. The molecule has 0 unspecified atom stereocenters. The molecule has 0 spiro atoms. The molecule has 63 heavy (non-hydrogen) atoms. The predicted molar refractivity (Wildman–Crippen MR) is 263 cm³/mol. The van der Waals surface area contributed by atoms with Crippen LogP contribution in [-0.2, 0) is 0 Å². The lowest BCUT2D eigenvalue weighted by Crippen LogP contribution is -2.07. The van der Waals surface area contributed by atoms with E-state index in [0.29, 0.717) is 17.6 Å². The molecule has 0 saturated heterocycles. The summed E-state index contributed by atoms with van der Waals surface area (Å²) < 4.78 is 11.2. The molecule has 14 rings (SSSR count). The highest BCUT2D eigenvalue weighted by atomic mass is 32.1. The average molecular weight is 821 g/mol. The van der Waals surface area contributed by atoms with Crippen LogP contribution in [0.1, 0.15) is 0 Å². The molecule has 4 heterocycles. The van der Waals surface area contributed by atoms with Crippen molar-refractivity contribution < 1.29 is 4.42 Å². The van der Waals surface area contributed by atoms with Crippen molar-refractivity contribution in [1.82, 2.24) is 19.5 Å². The lowest BCUT2D eigenvalue weighted by atomic mass is 9.98. The molecule has 6 heteroatoms. The lowest BCUT2D eigenvalue weighted by molar-refractivity contribution is 0.669. The Balaban J connectivity index is 1.07. The highest BCUT2D eigenvalue weighted by Crippen LogP contribution is 2.44. The van der Waals surface area contributed by atoms with Crippen LogP contribution >= 0.6 is 11.3 Å². The van der Waals surface area contributed by atoms with Gasteiger partial charge in [-0.05, 0) is 92.5 Å². The third-order valence-electron chi connectivity index (χ3n) is 12.8. The molecular weight excluding hydrogens is 789 g/mol. The normalized spacial score (nSPS) is 12.1. The van der Waals surface area contributed by atoms with E-state index in [4.69, 9.17) is 19.4 Å². The SMILES string of the molecule is c1ccc2cc(-c3nc(-c4ccc5c(c4)oc4ccccc45)nc(-n4c5cc6ccccc6cc5c5cccc(-c6ccc7sc8ccc9ccccc9c8c7c6)c54)n3)ccc2c1. The van der Waals surface area contributed by atoms with Gasteiger partial charge in [0.15, 0.2) is 11.6 Å². The Hall–Kier alpha value is -8.19. The number of nitrogens with zero attached hydrogens (tertiary/aromatic N) is 4. The number of thiophene rings is 1. The summed E-state index contributed by atoms with van der Waals surface area (Å²) in [7, 11) is 0. The summed E-state index contributed by atoms with van der Waals surface area (Å²) in [5.74, 6) is 1.71. The van der Waals surface area contributed by atoms with Gasteiger partial charge in [0.1, 0.15) is 11.2 Å². The van der Waals surface area contributed by atoms with Crippen LogP contribution in [0.5, 0.6) is 0 Å². The lowest BCUT2D eigenvalue weighted by Gasteiger charge is -2.13. The monoisotopic (exact) mass is 820 g/mol. The summed E-state index contributed by atoms with van der Waals surface area (Å²) in [6.07, 6.45) is 0. The van der Waals surface area contributed by atoms with Crippen molar-refractivity contribution in [2.75, 3.05) is 0 Å². The zero-order valence-corrected chi connectivity index (χ0v) is 34.4. The topological polar surface area (TPSA) is 56.7 Å². The van der Waals surface area contributed by atoms with Crippen LogP contribution in [0.25, 0.3) is 136 Å². The molecule has 292 valence electrons. The Bertz CT molecular complexity index is 4230. The van der Waals surface area contributed by atoms with Crippen LogP contribution in [0.2, 0.25) is 0 Å². The van der Waals surface area contributed by atoms with Crippen molar-refractivity contribution in [3.8, 4) is 39.9 Å². The van der Waals surface area contributed by atoms with Gasteiger partial charge in [0, 0.05) is 58.4 Å². The molecule has 0 atom stereocenters. The predicted octanol–water partition coefficient (Wildman–Crippen LogP) is 15.7. The van der Waals surface area contributed by atoms with Crippen LogP contribution in [-0.4, -0.2) is 19.5 Å². The van der Waals surface area contributed by atoms with E-state index < -0.39 is 0 Å². The maximum Gasteiger partial charge on any atom is 0.238 e. The Morgan fingerprint density at radius 1 is 0.381 bits per heavy atom. The smallest absolute Gasteiger partial charge is 0.238 e. The Morgan fingerprint density at radius 3 is 1.87 bits per heavy atom. The second-order valence-electron chi connectivity index (χ2n) is 16.4. The number of benzene rings is 10. The Labute approximate surface area is 363 Å². The van der Waals surface area contributed by atoms with Crippen LogP contribution in [0.3, 0.4) is 0 Å². The molecular formula is C57H32N4OS. The van der Waals surface area contributed by atoms with E-state index in [0.717, 1.165) is 82.2 Å². The number of hydrogen-bond donors (Lipinski definition) is 0. The summed E-state index contributed by atoms with van der Waals surface area (Å²) in [6, 6.07) is 69.3. The minimum atomic E-state index is 0.545. The van der Waals surface area contributed by atoms with Gasteiger partial charge in [-0.3, -0.25) is 4.57 Å². The van der Waals surface area contributed by atoms with Crippen molar-refractivity contribution in [1.29, 1.82) is 0 Å². The highest BCUT2D eigenvalue weighted by molar-refractivity contribution is 7.26. The van der Waals surface area contributed by atoms with E-state index in [9.17, 15) is 0 Å². The summed E-state index contributed by atoms with van der Waals surface area (Å²) in [4.78, 5) is 16.1. The first kappa shape index (κ1) is 34.5. The zero-order valence-electron chi connectivity index (χ0n) is 33.6. The minimum Gasteiger partial charge on any atom is -0.456 e. The summed E-state index contributed by atoms with van der Waals surface area (Å²) in [5, 5.41) is 14.1. The summed E-state index contributed by atoms with van der Waals surface area (Å²) in [6.45, 7) is 0. The van der Waals surface area contributed by atoms with Crippen molar-refractivity contribution in [3.63, 3.8) is 0 Å². The molecule has 0 amide bonds. The van der Waals surface area contributed by atoms with Crippen molar-refractivity contribution in [3.05, 3.63) is 194 Å². The number of rotatable bonds is 4. The second kappa shape index (κ2) is 13.2. The molecule has 0 saturated carbocycles. The van der Waals surface area contributed by atoms with Gasteiger partial charge in [-0.15, -0.1) is 11.3 Å². The van der Waals surface area contributed by atoms with Crippen LogP contribution in [0.4, 0.5) is 0 Å². The van der Waals surface area contributed by atoms with Gasteiger partial charge in [-0.1, -0.05) is 140 Å². The van der Waals surface area contributed by atoms with E-state index >= 15 is 0 Å². The maximum atomic E-state index is 6.40. The van der Waals surface area contributed by atoms with E-state index in [2.05, 4.69) is 180 Å². The molecule has 0 radical (unpaired) electrons. The Morgan fingerprint density at radius 2 is 1.02 bits per heavy atom. The third kappa shape index (κ3) is 5.25. The second-order valence-corrected chi connectivity index (χ2v) is 17.5. The van der Waals surface area contributed by atoms with Gasteiger partial charge in [0.25, 0.3) is 0 Å². The number of furan rings is 1. The fourth-order valence-electron chi connectivity index (χ4n) is 9.82. The van der Waals surface area contributed by atoms with Gasteiger partial charge in [-0.25, -0.2) is 4.98 Å². The number of fused-ring (bicyclic) bond motifs is 13. The molecule has 0 fully saturated rings. The number of hydrogen-bond acceptors (Lipinski definition) is 5. The molecule has 10 aromatic carbocycles. The molecule has 0 bridgehead atoms. The van der Waals surface area contributed by atoms with Gasteiger partial charge >= 0.3 is 0 Å². The summed E-state index contributed by atoms with van der Waals surface area (Å²) >= 11 is 1.85. The Kier molecular flexibility index (Phi) is 7.21. The quantitative estimate of drug-likeness (QED) is 0.177. The van der Waals surface area contributed by atoms with Crippen molar-refractivity contribution in [2.45, 2.75) is 0 Å². The number of aromatic nitrogens is 4. The van der Waals surface area contributed by atoms with Crippen LogP contribution < -0.4 is 0 Å². The first-order valence-electron chi connectivity index (χ1n) is 21.2. The van der Waals surface area contributed by atoms with E-state index in [1.165, 1.54) is 36.3 Å². The standard InChI is InChI=1S/C57H32N4OS/c1-2-12-35-28-39(21-20-33(35)10-1)55-58-56(40-22-25-44-43-16-7-8-19-49(43)62-50(44)32-40)60-57(59-55)61-48-31-37-14-4-3-13-36(37)29-46(48)45-18-9-17-42(54(45)61)38-24-26-51-47(30-38)53-41-15-6-5-11-34(41)23-27-52(53)63-51/h1-32H. The molecule has 0 aliphatic carbocycles. The van der Waals surface area contributed by atoms with E-state index in [1.807, 2.05) is 29.5 Å². The van der Waals surface area contributed by atoms with Crippen molar-refractivity contribution in [2.24, 2.45) is 0 Å². The van der Waals surface area contributed by atoms with Gasteiger partial charge in [0.2, 0.25) is 5.95 Å². The molecule has 4 aromatic heterocycles. The van der Waals surface area contributed by atoms with Gasteiger partial charge in [0.05, 0.1) is 11.0 Å². The first-order valence-corrected chi connectivity index (χ1v) is 22.0. The number of para-hydroxylation sites is 2. The maximum absolute atomic E-state index is 6.40. The molecule has 0 N–H and O–H groups in total. The van der Waals surface area contributed by atoms with Crippen LogP contribution in [0.15, 0.2) is 199 Å². The van der Waals surface area contributed by atoms with Crippen molar-refractivity contribution >= 4 is 108 Å². The average Bonchev–Trinajstić information content (AvgIpc) is 4.02. The first-order chi connectivity index (χ1) is 31.2. The molecule has 0 aliphatic heterocycles. The van der Waals surface area contributed by atoms with Gasteiger partial charge < -0.3 is 4.42 Å². The molecule has 14 aromatic rings. The largest absolute Gasteiger partial charge is 0.456 e. The van der Waals surface area contributed by atoms with E-state index in [-0.39, 0.29) is 0 Å². The summed E-state index contributed by atoms with van der Waals surface area (Å²) in [5.41, 5.74) is 7.71. The molecule has 0 aliphatic rings. The van der Waals surface area contributed by atoms with Gasteiger partial charge in [-0.2, -0.15) is 9.97 Å². The fourth-order valence-corrected chi connectivity index (χ4v) is 10.9. The van der Waals surface area contributed by atoms with E-state index in [1.54, 1.807) is 0 Å². The minimum absolute atomic E-state index is 0.545. The molecule has 5 nitrogen and oxygen atoms in total. The highest BCUT2D eigenvalue weighted by Gasteiger charge is 2.22. The zero-order chi connectivity index (χ0) is 41.2.